The Bertz CT molecular complexity index is 422. The molecule has 4 heteroatoms. The van der Waals surface area contributed by atoms with Gasteiger partial charge in [-0.2, -0.15) is 0 Å². The molecule has 0 bridgehead atoms. The first-order valence-electron chi connectivity index (χ1n) is 7.42. The lowest BCUT2D eigenvalue weighted by Gasteiger charge is -2.31. The summed E-state index contributed by atoms with van der Waals surface area (Å²) < 4.78 is 5.63. The molecule has 1 heterocycles. The van der Waals surface area contributed by atoms with E-state index < -0.39 is 6.10 Å². The lowest BCUT2D eigenvalue weighted by Crippen LogP contribution is -2.53. The van der Waals surface area contributed by atoms with Crippen LogP contribution in [0, 0.1) is 0 Å². The highest BCUT2D eigenvalue weighted by molar-refractivity contribution is 5.82. The quantitative estimate of drug-likeness (QED) is 0.865. The van der Waals surface area contributed by atoms with Gasteiger partial charge in [0.2, 0.25) is 0 Å². The SMILES string of the molecule is CCOC(C(=O)NC1CCCNC1C)c1ccccc1. The smallest absolute Gasteiger partial charge is 0.254 e. The second kappa shape index (κ2) is 7.41. The summed E-state index contributed by atoms with van der Waals surface area (Å²) in [5.74, 6) is -0.0430. The van der Waals surface area contributed by atoms with Crippen molar-refractivity contribution in [3.05, 3.63) is 35.9 Å². The van der Waals surface area contributed by atoms with Gasteiger partial charge >= 0.3 is 0 Å². The molecular weight excluding hydrogens is 252 g/mol. The number of rotatable bonds is 5. The third kappa shape index (κ3) is 3.81. The van der Waals surface area contributed by atoms with E-state index in [4.69, 9.17) is 4.74 Å². The lowest BCUT2D eigenvalue weighted by molar-refractivity contribution is -0.134. The van der Waals surface area contributed by atoms with E-state index in [1.165, 1.54) is 0 Å². The molecule has 0 aliphatic carbocycles. The van der Waals surface area contributed by atoms with Crippen molar-refractivity contribution in [2.45, 2.75) is 44.9 Å². The van der Waals surface area contributed by atoms with Crippen molar-refractivity contribution >= 4 is 5.91 Å². The standard InChI is InChI=1S/C16H24N2O2/c1-3-20-15(13-8-5-4-6-9-13)16(19)18-14-10-7-11-17-12(14)2/h4-6,8-9,12,14-15,17H,3,7,10-11H2,1-2H3,(H,18,19). The molecule has 1 aliphatic rings. The van der Waals surface area contributed by atoms with E-state index in [0.717, 1.165) is 24.9 Å². The van der Waals surface area contributed by atoms with E-state index in [1.54, 1.807) is 0 Å². The largest absolute Gasteiger partial charge is 0.364 e. The zero-order valence-electron chi connectivity index (χ0n) is 12.3. The summed E-state index contributed by atoms with van der Waals surface area (Å²) in [6.45, 7) is 5.57. The maximum absolute atomic E-state index is 12.5. The predicted octanol–water partition coefficient (Wildman–Crippen LogP) is 2.02. The van der Waals surface area contributed by atoms with Crippen LogP contribution in [0.1, 0.15) is 38.4 Å². The second-order valence-electron chi connectivity index (χ2n) is 5.25. The molecule has 1 saturated heterocycles. The molecule has 2 rings (SSSR count). The summed E-state index contributed by atoms with van der Waals surface area (Å²) in [5.41, 5.74) is 0.906. The number of hydrogen-bond acceptors (Lipinski definition) is 3. The Kier molecular flexibility index (Phi) is 5.56. The fourth-order valence-electron chi connectivity index (χ4n) is 2.62. The van der Waals surface area contributed by atoms with Crippen LogP contribution in [0.2, 0.25) is 0 Å². The zero-order valence-corrected chi connectivity index (χ0v) is 12.3. The van der Waals surface area contributed by atoms with E-state index >= 15 is 0 Å². The molecule has 1 aromatic rings. The van der Waals surface area contributed by atoms with Gasteiger partial charge in [0, 0.05) is 18.7 Å². The highest BCUT2D eigenvalue weighted by Crippen LogP contribution is 2.18. The van der Waals surface area contributed by atoms with Gasteiger partial charge in [-0.3, -0.25) is 4.79 Å². The van der Waals surface area contributed by atoms with E-state index in [0.29, 0.717) is 12.6 Å². The summed E-state index contributed by atoms with van der Waals surface area (Å²) in [6.07, 6.45) is 1.60. The molecular formula is C16H24N2O2. The Labute approximate surface area is 120 Å². The van der Waals surface area contributed by atoms with E-state index in [1.807, 2.05) is 37.3 Å². The molecule has 0 spiro atoms. The van der Waals surface area contributed by atoms with Crippen molar-refractivity contribution in [2.24, 2.45) is 0 Å². The van der Waals surface area contributed by atoms with Gasteiger partial charge < -0.3 is 15.4 Å². The molecule has 1 fully saturated rings. The van der Waals surface area contributed by atoms with Crippen molar-refractivity contribution in [1.82, 2.24) is 10.6 Å². The fourth-order valence-corrected chi connectivity index (χ4v) is 2.62. The molecule has 20 heavy (non-hydrogen) atoms. The zero-order chi connectivity index (χ0) is 14.4. The van der Waals surface area contributed by atoms with Gasteiger partial charge in [0.05, 0.1) is 0 Å². The van der Waals surface area contributed by atoms with E-state index in [9.17, 15) is 4.79 Å². The predicted molar refractivity (Wildman–Crippen MR) is 79.4 cm³/mol. The van der Waals surface area contributed by atoms with Gasteiger partial charge in [0.15, 0.2) is 6.10 Å². The van der Waals surface area contributed by atoms with Gasteiger partial charge in [-0.05, 0) is 38.8 Å². The van der Waals surface area contributed by atoms with Gasteiger partial charge in [0.1, 0.15) is 0 Å². The van der Waals surface area contributed by atoms with Crippen molar-refractivity contribution < 1.29 is 9.53 Å². The van der Waals surface area contributed by atoms with Crippen LogP contribution in [0.3, 0.4) is 0 Å². The van der Waals surface area contributed by atoms with Gasteiger partial charge in [-0.1, -0.05) is 30.3 Å². The molecule has 0 saturated carbocycles. The number of nitrogens with one attached hydrogen (secondary N) is 2. The van der Waals surface area contributed by atoms with Crippen LogP contribution >= 0.6 is 0 Å². The molecule has 1 aromatic carbocycles. The Morgan fingerprint density at radius 2 is 2.20 bits per heavy atom. The molecule has 110 valence electrons. The summed E-state index contributed by atoms with van der Waals surface area (Å²) >= 11 is 0. The number of amides is 1. The molecule has 0 aromatic heterocycles. The minimum absolute atomic E-state index is 0.0430. The first-order valence-corrected chi connectivity index (χ1v) is 7.42. The van der Waals surface area contributed by atoms with Crippen LogP contribution in [0.5, 0.6) is 0 Å². The van der Waals surface area contributed by atoms with Crippen LogP contribution in [0.15, 0.2) is 30.3 Å². The maximum atomic E-state index is 12.5. The van der Waals surface area contributed by atoms with Crippen LogP contribution in [-0.4, -0.2) is 31.1 Å². The summed E-state index contributed by atoms with van der Waals surface area (Å²) in [5, 5.41) is 6.52. The molecule has 3 atom stereocenters. The van der Waals surface area contributed by atoms with E-state index in [2.05, 4.69) is 17.6 Å². The highest BCUT2D eigenvalue weighted by Gasteiger charge is 2.27. The summed E-state index contributed by atoms with van der Waals surface area (Å²) in [7, 11) is 0. The van der Waals surface area contributed by atoms with Crippen LogP contribution < -0.4 is 10.6 Å². The number of carbonyl (C=O) groups is 1. The number of ether oxygens (including phenoxy) is 1. The van der Waals surface area contributed by atoms with Crippen LogP contribution in [-0.2, 0) is 9.53 Å². The Morgan fingerprint density at radius 1 is 1.45 bits per heavy atom. The molecule has 1 amide bonds. The molecule has 4 nitrogen and oxygen atoms in total. The monoisotopic (exact) mass is 276 g/mol. The first-order chi connectivity index (χ1) is 9.72. The minimum atomic E-state index is -0.518. The van der Waals surface area contributed by atoms with Crippen molar-refractivity contribution in [3.8, 4) is 0 Å². The first kappa shape index (κ1) is 15.0. The van der Waals surface area contributed by atoms with Crippen LogP contribution in [0.4, 0.5) is 0 Å². The summed E-state index contributed by atoms with van der Waals surface area (Å²) in [4.78, 5) is 12.5. The Balaban J connectivity index is 2.03. The third-order valence-electron chi connectivity index (χ3n) is 3.76. The lowest BCUT2D eigenvalue weighted by atomic mass is 9.99. The molecule has 1 aliphatic heterocycles. The van der Waals surface area contributed by atoms with Crippen molar-refractivity contribution in [2.75, 3.05) is 13.2 Å². The maximum Gasteiger partial charge on any atom is 0.254 e. The second-order valence-corrected chi connectivity index (χ2v) is 5.25. The molecule has 2 N–H and O–H groups in total. The Morgan fingerprint density at radius 3 is 2.85 bits per heavy atom. The Hall–Kier alpha value is -1.39. The fraction of sp³-hybridized carbons (Fsp3) is 0.562. The number of benzene rings is 1. The molecule has 3 unspecified atom stereocenters. The van der Waals surface area contributed by atoms with E-state index in [-0.39, 0.29) is 11.9 Å². The topological polar surface area (TPSA) is 50.4 Å². The van der Waals surface area contributed by atoms with Gasteiger partial charge in [-0.15, -0.1) is 0 Å². The highest BCUT2D eigenvalue weighted by atomic mass is 16.5. The van der Waals surface area contributed by atoms with Gasteiger partial charge in [0.25, 0.3) is 5.91 Å². The van der Waals surface area contributed by atoms with Crippen LogP contribution in [0.25, 0.3) is 0 Å². The third-order valence-corrected chi connectivity index (χ3v) is 3.76. The number of carbonyl (C=O) groups excluding carboxylic acids is 1. The number of hydrogen-bond donors (Lipinski definition) is 2. The number of piperidine rings is 1. The average Bonchev–Trinajstić information content (AvgIpc) is 2.48. The minimum Gasteiger partial charge on any atom is -0.364 e. The summed E-state index contributed by atoms with van der Waals surface area (Å²) in [6, 6.07) is 10.2. The van der Waals surface area contributed by atoms with Crippen molar-refractivity contribution in [3.63, 3.8) is 0 Å². The average molecular weight is 276 g/mol. The normalized spacial score (nSPS) is 24.1. The molecule has 0 radical (unpaired) electrons. The van der Waals surface area contributed by atoms with Gasteiger partial charge in [-0.25, -0.2) is 0 Å². The van der Waals surface area contributed by atoms with Crippen molar-refractivity contribution in [1.29, 1.82) is 0 Å².